The van der Waals surface area contributed by atoms with Gasteiger partial charge in [0.1, 0.15) is 17.5 Å². The molecule has 1 aliphatic heterocycles. The summed E-state index contributed by atoms with van der Waals surface area (Å²) in [5.41, 5.74) is 1.15. The Labute approximate surface area is 169 Å². The predicted octanol–water partition coefficient (Wildman–Crippen LogP) is 2.88. The van der Waals surface area contributed by atoms with Gasteiger partial charge in [-0.2, -0.15) is 0 Å². The molecule has 1 fully saturated rings. The van der Waals surface area contributed by atoms with Crippen molar-refractivity contribution in [2.75, 3.05) is 36.4 Å². The van der Waals surface area contributed by atoms with E-state index in [0.29, 0.717) is 18.8 Å². The Kier molecular flexibility index (Phi) is 5.69. The highest BCUT2D eigenvalue weighted by atomic mass is 16.5. The molecule has 1 saturated heterocycles. The van der Waals surface area contributed by atoms with Crippen molar-refractivity contribution in [1.29, 1.82) is 0 Å². The maximum Gasteiger partial charge on any atom is 0.273 e. The Balaban J connectivity index is 1.28. The molecular formula is C21H24N6O2. The first kappa shape index (κ1) is 18.9. The van der Waals surface area contributed by atoms with Crippen LogP contribution in [-0.2, 0) is 0 Å². The molecule has 3 heterocycles. The summed E-state index contributed by atoms with van der Waals surface area (Å²) in [6, 6.07) is 13.2. The van der Waals surface area contributed by atoms with Crippen molar-refractivity contribution >= 4 is 17.5 Å². The number of hydrogen-bond acceptors (Lipinski definition) is 7. The molecule has 1 amide bonds. The number of nitrogens with zero attached hydrogens (tertiary/aromatic N) is 4. The fourth-order valence-electron chi connectivity index (χ4n) is 3.33. The minimum absolute atomic E-state index is 0.262. The number of hydrogen-bond donors (Lipinski definition) is 2. The molecule has 2 N–H and O–H groups in total. The lowest BCUT2D eigenvalue weighted by atomic mass is 10.1. The van der Waals surface area contributed by atoms with Gasteiger partial charge in [0.15, 0.2) is 11.5 Å². The molecule has 2 aromatic heterocycles. The molecule has 0 unspecified atom stereocenters. The van der Waals surface area contributed by atoms with Crippen molar-refractivity contribution in [3.8, 4) is 11.3 Å². The highest BCUT2D eigenvalue weighted by Gasteiger charge is 2.15. The zero-order chi connectivity index (χ0) is 20.1. The van der Waals surface area contributed by atoms with Crippen LogP contribution in [-0.4, -0.2) is 47.2 Å². The number of nitrogens with one attached hydrogen (secondary N) is 2. The summed E-state index contributed by atoms with van der Waals surface area (Å²) in [7, 11) is 0. The zero-order valence-corrected chi connectivity index (χ0v) is 16.4. The van der Waals surface area contributed by atoms with Gasteiger partial charge in [0.25, 0.3) is 5.91 Å². The summed E-state index contributed by atoms with van der Waals surface area (Å²) in [5, 5.41) is 9.95. The molecule has 29 heavy (non-hydrogen) atoms. The molecule has 0 bridgehead atoms. The van der Waals surface area contributed by atoms with Crippen molar-refractivity contribution in [2.45, 2.75) is 19.8 Å². The van der Waals surface area contributed by atoms with Gasteiger partial charge in [0.05, 0.1) is 0 Å². The van der Waals surface area contributed by atoms with Crippen molar-refractivity contribution in [3.05, 3.63) is 54.0 Å². The first-order chi connectivity index (χ1) is 14.2. The van der Waals surface area contributed by atoms with Crippen LogP contribution < -0.4 is 15.5 Å². The molecular weight excluding hydrogens is 368 g/mol. The number of aromatic nitrogens is 3. The van der Waals surface area contributed by atoms with Crippen LogP contribution in [0.4, 0.5) is 11.6 Å². The van der Waals surface area contributed by atoms with E-state index in [4.69, 9.17) is 4.52 Å². The maximum absolute atomic E-state index is 12.3. The van der Waals surface area contributed by atoms with Gasteiger partial charge in [-0.25, -0.2) is 9.97 Å². The summed E-state index contributed by atoms with van der Waals surface area (Å²) in [4.78, 5) is 23.5. The second kappa shape index (κ2) is 8.72. The van der Waals surface area contributed by atoms with Crippen LogP contribution >= 0.6 is 0 Å². The molecule has 8 heteroatoms. The van der Waals surface area contributed by atoms with Gasteiger partial charge in [0.2, 0.25) is 0 Å². The molecule has 0 spiro atoms. The number of benzene rings is 1. The predicted molar refractivity (Wildman–Crippen MR) is 111 cm³/mol. The molecule has 0 radical (unpaired) electrons. The maximum atomic E-state index is 12.3. The van der Waals surface area contributed by atoms with E-state index < -0.39 is 0 Å². The lowest BCUT2D eigenvalue weighted by Gasteiger charge is -2.17. The van der Waals surface area contributed by atoms with Gasteiger partial charge >= 0.3 is 0 Å². The van der Waals surface area contributed by atoms with E-state index in [1.54, 1.807) is 6.07 Å². The van der Waals surface area contributed by atoms with E-state index in [1.807, 2.05) is 43.3 Å². The van der Waals surface area contributed by atoms with Crippen LogP contribution in [0.3, 0.4) is 0 Å². The highest BCUT2D eigenvalue weighted by Crippen LogP contribution is 2.21. The first-order valence-corrected chi connectivity index (χ1v) is 9.84. The lowest BCUT2D eigenvalue weighted by Crippen LogP contribution is -2.29. The molecule has 1 aliphatic rings. The van der Waals surface area contributed by atoms with E-state index in [9.17, 15) is 4.79 Å². The standard InChI is InChI=1S/C21H24N6O2/c1-15-24-19(14-20(25-15)27-11-5-6-12-27)22-9-10-23-21(28)17-13-18(29-26-17)16-7-3-2-4-8-16/h2-4,7-8,13-14H,5-6,9-12H2,1H3,(H,23,28)(H,22,24,25). The molecule has 0 aliphatic carbocycles. The Hall–Kier alpha value is -3.42. The molecule has 150 valence electrons. The summed E-state index contributed by atoms with van der Waals surface area (Å²) < 4.78 is 5.27. The summed E-state index contributed by atoms with van der Waals surface area (Å²) >= 11 is 0. The number of amides is 1. The Morgan fingerprint density at radius 2 is 1.90 bits per heavy atom. The zero-order valence-electron chi connectivity index (χ0n) is 16.4. The third-order valence-corrected chi connectivity index (χ3v) is 4.77. The van der Waals surface area contributed by atoms with E-state index in [-0.39, 0.29) is 11.6 Å². The minimum Gasteiger partial charge on any atom is -0.368 e. The average Bonchev–Trinajstić information content (AvgIpc) is 3.44. The molecule has 0 atom stereocenters. The second-order valence-corrected chi connectivity index (χ2v) is 6.98. The number of anilines is 2. The number of carbonyl (C=O) groups excluding carboxylic acids is 1. The summed E-state index contributed by atoms with van der Waals surface area (Å²) in [6.45, 7) is 4.95. The fourth-order valence-corrected chi connectivity index (χ4v) is 3.33. The quantitative estimate of drug-likeness (QED) is 0.597. The fraction of sp³-hybridized carbons (Fsp3) is 0.333. The van der Waals surface area contributed by atoms with Gasteiger partial charge in [0, 0.05) is 43.9 Å². The lowest BCUT2D eigenvalue weighted by molar-refractivity contribution is 0.0946. The molecule has 8 nitrogen and oxygen atoms in total. The minimum atomic E-state index is -0.269. The SMILES string of the molecule is Cc1nc(NCCNC(=O)c2cc(-c3ccccc3)on2)cc(N2CCCC2)n1. The smallest absolute Gasteiger partial charge is 0.273 e. The largest absolute Gasteiger partial charge is 0.368 e. The van der Waals surface area contributed by atoms with E-state index in [1.165, 1.54) is 12.8 Å². The van der Waals surface area contributed by atoms with Crippen molar-refractivity contribution in [3.63, 3.8) is 0 Å². The van der Waals surface area contributed by atoms with Crippen LogP contribution in [0.5, 0.6) is 0 Å². The average molecular weight is 392 g/mol. The number of aryl methyl sites for hydroxylation is 1. The van der Waals surface area contributed by atoms with Gasteiger partial charge < -0.3 is 20.1 Å². The van der Waals surface area contributed by atoms with Crippen LogP contribution in [0.15, 0.2) is 47.0 Å². The summed E-state index contributed by atoms with van der Waals surface area (Å²) in [6.07, 6.45) is 2.40. The van der Waals surface area contributed by atoms with Gasteiger partial charge in [-0.05, 0) is 19.8 Å². The Morgan fingerprint density at radius 1 is 1.10 bits per heavy atom. The monoisotopic (exact) mass is 392 g/mol. The van der Waals surface area contributed by atoms with Crippen molar-refractivity contribution < 1.29 is 9.32 Å². The Morgan fingerprint density at radius 3 is 2.69 bits per heavy atom. The highest BCUT2D eigenvalue weighted by molar-refractivity contribution is 5.93. The van der Waals surface area contributed by atoms with E-state index >= 15 is 0 Å². The van der Waals surface area contributed by atoms with E-state index in [0.717, 1.165) is 36.1 Å². The van der Waals surface area contributed by atoms with Gasteiger partial charge in [-0.15, -0.1) is 0 Å². The van der Waals surface area contributed by atoms with Gasteiger partial charge in [-0.3, -0.25) is 4.79 Å². The third-order valence-electron chi connectivity index (χ3n) is 4.77. The summed E-state index contributed by atoms with van der Waals surface area (Å²) in [5.74, 6) is 2.75. The normalized spacial score (nSPS) is 13.5. The molecule has 3 aromatic rings. The second-order valence-electron chi connectivity index (χ2n) is 6.98. The van der Waals surface area contributed by atoms with Crippen LogP contribution in [0.25, 0.3) is 11.3 Å². The van der Waals surface area contributed by atoms with Crippen molar-refractivity contribution in [1.82, 2.24) is 20.4 Å². The third kappa shape index (κ3) is 4.71. The van der Waals surface area contributed by atoms with Crippen LogP contribution in [0.2, 0.25) is 0 Å². The van der Waals surface area contributed by atoms with Crippen LogP contribution in [0.1, 0.15) is 29.2 Å². The van der Waals surface area contributed by atoms with Gasteiger partial charge in [-0.1, -0.05) is 35.5 Å². The first-order valence-electron chi connectivity index (χ1n) is 9.84. The Bertz CT molecular complexity index is 966. The molecule has 4 rings (SSSR count). The van der Waals surface area contributed by atoms with E-state index in [2.05, 4.69) is 30.7 Å². The topological polar surface area (TPSA) is 96.2 Å². The molecule has 1 aromatic carbocycles. The molecule has 0 saturated carbocycles. The number of rotatable bonds is 7. The number of carbonyl (C=O) groups is 1. The van der Waals surface area contributed by atoms with Crippen LogP contribution in [0, 0.1) is 6.92 Å². The van der Waals surface area contributed by atoms with Crippen molar-refractivity contribution in [2.24, 2.45) is 0 Å².